The standard InChI is InChI=1S/C19H13Cl2NO5/c1-10(23)26-15-7-6-11(9-16(15)25-2)8-14-19(24)27-18(22-14)12-4-3-5-13(20)17(12)21/h3-9H,1-2H3/b14-8+. The van der Waals surface area contributed by atoms with Crippen LogP contribution in [0, 0.1) is 0 Å². The minimum atomic E-state index is -0.621. The van der Waals surface area contributed by atoms with Crippen LogP contribution in [0.1, 0.15) is 18.1 Å². The fourth-order valence-corrected chi connectivity index (χ4v) is 2.75. The Labute approximate surface area is 165 Å². The van der Waals surface area contributed by atoms with Crippen LogP contribution < -0.4 is 9.47 Å². The summed E-state index contributed by atoms with van der Waals surface area (Å²) in [4.78, 5) is 27.5. The van der Waals surface area contributed by atoms with Crippen LogP contribution in [0.25, 0.3) is 6.08 Å². The van der Waals surface area contributed by atoms with E-state index in [0.717, 1.165) is 0 Å². The van der Waals surface area contributed by atoms with Crippen LogP contribution in [0.3, 0.4) is 0 Å². The molecule has 0 saturated heterocycles. The molecule has 27 heavy (non-hydrogen) atoms. The van der Waals surface area contributed by atoms with Gasteiger partial charge in [-0.25, -0.2) is 9.79 Å². The van der Waals surface area contributed by atoms with E-state index < -0.39 is 11.9 Å². The molecule has 2 aromatic carbocycles. The Balaban J connectivity index is 1.95. The summed E-state index contributed by atoms with van der Waals surface area (Å²) in [6.45, 7) is 1.29. The Hall–Kier alpha value is -2.83. The van der Waals surface area contributed by atoms with Gasteiger partial charge in [0.15, 0.2) is 17.2 Å². The van der Waals surface area contributed by atoms with E-state index in [2.05, 4.69) is 4.99 Å². The summed E-state index contributed by atoms with van der Waals surface area (Å²) in [5.74, 6) is -0.401. The third-order valence-corrected chi connectivity index (χ3v) is 4.37. The molecule has 0 bridgehead atoms. The molecule has 3 rings (SSSR count). The van der Waals surface area contributed by atoms with Gasteiger partial charge in [-0.2, -0.15) is 0 Å². The first-order chi connectivity index (χ1) is 12.9. The molecule has 0 atom stereocenters. The molecule has 0 N–H and O–H groups in total. The highest BCUT2D eigenvalue weighted by Crippen LogP contribution is 2.31. The Kier molecular flexibility index (Phi) is 5.48. The fraction of sp³-hybridized carbons (Fsp3) is 0.105. The number of carbonyl (C=O) groups is 2. The van der Waals surface area contributed by atoms with Gasteiger partial charge in [0.25, 0.3) is 0 Å². The monoisotopic (exact) mass is 405 g/mol. The van der Waals surface area contributed by atoms with E-state index in [-0.39, 0.29) is 22.4 Å². The molecule has 0 radical (unpaired) electrons. The molecule has 0 amide bonds. The van der Waals surface area contributed by atoms with Gasteiger partial charge in [0.2, 0.25) is 5.90 Å². The van der Waals surface area contributed by atoms with Crippen molar-refractivity contribution in [2.45, 2.75) is 6.92 Å². The van der Waals surface area contributed by atoms with Gasteiger partial charge in [0.1, 0.15) is 0 Å². The number of hydrogen-bond acceptors (Lipinski definition) is 6. The Morgan fingerprint density at radius 2 is 1.96 bits per heavy atom. The lowest BCUT2D eigenvalue weighted by Gasteiger charge is -2.08. The summed E-state index contributed by atoms with van der Waals surface area (Å²) >= 11 is 12.1. The SMILES string of the molecule is COc1cc(/C=C2/N=C(c3cccc(Cl)c3Cl)OC2=O)ccc1OC(C)=O. The van der Waals surface area contributed by atoms with E-state index in [9.17, 15) is 9.59 Å². The summed E-state index contributed by atoms with van der Waals surface area (Å²) in [7, 11) is 1.44. The van der Waals surface area contributed by atoms with Crippen molar-refractivity contribution in [1.29, 1.82) is 0 Å². The number of halogens is 2. The highest BCUT2D eigenvalue weighted by atomic mass is 35.5. The molecular formula is C19H13Cl2NO5. The van der Waals surface area contributed by atoms with Crippen LogP contribution in [0.15, 0.2) is 47.1 Å². The number of esters is 2. The Bertz CT molecular complexity index is 998. The maximum atomic E-state index is 12.1. The van der Waals surface area contributed by atoms with Gasteiger partial charge in [-0.1, -0.05) is 35.3 Å². The zero-order valence-corrected chi connectivity index (χ0v) is 15.8. The van der Waals surface area contributed by atoms with Crippen LogP contribution in [0.4, 0.5) is 0 Å². The van der Waals surface area contributed by atoms with Gasteiger partial charge in [-0.05, 0) is 35.9 Å². The van der Waals surface area contributed by atoms with E-state index >= 15 is 0 Å². The minimum Gasteiger partial charge on any atom is -0.493 e. The van der Waals surface area contributed by atoms with Crippen LogP contribution in [0.5, 0.6) is 11.5 Å². The predicted octanol–water partition coefficient (Wildman–Crippen LogP) is 4.27. The fourth-order valence-electron chi connectivity index (χ4n) is 2.36. The lowest BCUT2D eigenvalue weighted by Crippen LogP contribution is -2.06. The maximum Gasteiger partial charge on any atom is 0.363 e. The average molecular weight is 406 g/mol. The summed E-state index contributed by atoms with van der Waals surface area (Å²) in [5, 5.41) is 0.579. The second kappa shape index (κ2) is 7.82. The van der Waals surface area contributed by atoms with Crippen molar-refractivity contribution in [3.8, 4) is 11.5 Å². The number of aliphatic imine (C=N–C) groups is 1. The molecule has 2 aromatic rings. The molecule has 0 unspecified atom stereocenters. The zero-order valence-electron chi connectivity index (χ0n) is 14.3. The van der Waals surface area contributed by atoms with Crippen molar-refractivity contribution in [2.24, 2.45) is 4.99 Å². The third-order valence-electron chi connectivity index (χ3n) is 3.55. The summed E-state index contributed by atoms with van der Waals surface area (Å²) < 4.78 is 15.5. The molecule has 0 aliphatic carbocycles. The number of hydrogen-bond donors (Lipinski definition) is 0. The van der Waals surface area contributed by atoms with Crippen molar-refractivity contribution in [1.82, 2.24) is 0 Å². The highest BCUT2D eigenvalue weighted by Gasteiger charge is 2.26. The predicted molar refractivity (Wildman–Crippen MR) is 101 cm³/mol. The van der Waals surface area contributed by atoms with Crippen LogP contribution in [0.2, 0.25) is 10.0 Å². The molecule has 6 nitrogen and oxygen atoms in total. The van der Waals surface area contributed by atoms with Gasteiger partial charge < -0.3 is 14.2 Å². The first kappa shape index (κ1) is 18.9. The molecule has 0 aromatic heterocycles. The topological polar surface area (TPSA) is 74.2 Å². The van der Waals surface area contributed by atoms with Crippen molar-refractivity contribution < 1.29 is 23.8 Å². The lowest BCUT2D eigenvalue weighted by molar-refractivity contribution is -0.132. The second-order valence-electron chi connectivity index (χ2n) is 5.44. The van der Waals surface area contributed by atoms with Crippen molar-refractivity contribution in [2.75, 3.05) is 7.11 Å². The number of cyclic esters (lactones) is 1. The highest BCUT2D eigenvalue weighted by molar-refractivity contribution is 6.44. The van der Waals surface area contributed by atoms with Crippen LogP contribution in [-0.4, -0.2) is 24.9 Å². The number of carbonyl (C=O) groups excluding carboxylic acids is 2. The molecule has 0 saturated carbocycles. The quantitative estimate of drug-likeness (QED) is 0.431. The van der Waals surface area contributed by atoms with Crippen molar-refractivity contribution in [3.05, 3.63) is 63.3 Å². The van der Waals surface area contributed by atoms with E-state index in [1.54, 1.807) is 36.4 Å². The van der Waals surface area contributed by atoms with E-state index in [1.807, 2.05) is 0 Å². The summed E-state index contributed by atoms with van der Waals surface area (Å²) in [6.07, 6.45) is 1.52. The number of rotatable bonds is 4. The normalized spacial score (nSPS) is 14.7. The number of ether oxygens (including phenoxy) is 3. The zero-order chi connectivity index (χ0) is 19.6. The molecule has 138 valence electrons. The van der Waals surface area contributed by atoms with Gasteiger partial charge >= 0.3 is 11.9 Å². The number of nitrogens with zero attached hydrogens (tertiary/aromatic N) is 1. The van der Waals surface area contributed by atoms with Crippen molar-refractivity contribution >= 4 is 47.1 Å². The molecule has 1 aliphatic rings. The van der Waals surface area contributed by atoms with Gasteiger partial charge in [-0.3, -0.25) is 4.79 Å². The summed E-state index contributed by atoms with van der Waals surface area (Å²) in [6, 6.07) is 9.78. The largest absolute Gasteiger partial charge is 0.493 e. The molecule has 0 fully saturated rings. The minimum absolute atomic E-state index is 0.0715. The Morgan fingerprint density at radius 3 is 2.67 bits per heavy atom. The second-order valence-corrected chi connectivity index (χ2v) is 6.23. The van der Waals surface area contributed by atoms with E-state index in [4.69, 9.17) is 37.4 Å². The Morgan fingerprint density at radius 1 is 1.19 bits per heavy atom. The molecule has 1 heterocycles. The lowest BCUT2D eigenvalue weighted by atomic mass is 10.1. The van der Waals surface area contributed by atoms with Gasteiger partial charge in [-0.15, -0.1) is 0 Å². The molecule has 1 aliphatic heterocycles. The van der Waals surface area contributed by atoms with Gasteiger partial charge in [0.05, 0.1) is 22.7 Å². The molecule has 0 spiro atoms. The first-order valence-electron chi connectivity index (χ1n) is 7.72. The number of methoxy groups -OCH3 is 1. The average Bonchev–Trinajstić information content (AvgIpc) is 2.98. The number of benzene rings is 2. The maximum absolute atomic E-state index is 12.1. The van der Waals surface area contributed by atoms with Crippen LogP contribution in [-0.2, 0) is 14.3 Å². The van der Waals surface area contributed by atoms with E-state index in [0.29, 0.717) is 21.9 Å². The molecule has 8 heteroatoms. The van der Waals surface area contributed by atoms with Crippen LogP contribution >= 0.6 is 23.2 Å². The smallest absolute Gasteiger partial charge is 0.363 e. The third kappa shape index (κ3) is 4.13. The summed E-state index contributed by atoms with van der Waals surface area (Å²) in [5.41, 5.74) is 1.11. The first-order valence-corrected chi connectivity index (χ1v) is 8.48. The van der Waals surface area contributed by atoms with Gasteiger partial charge in [0, 0.05) is 6.92 Å². The molecular weight excluding hydrogens is 393 g/mol. The van der Waals surface area contributed by atoms with E-state index in [1.165, 1.54) is 20.1 Å². The van der Waals surface area contributed by atoms with Crippen molar-refractivity contribution in [3.63, 3.8) is 0 Å².